The Hall–Kier alpha value is -1.45. The highest BCUT2D eigenvalue weighted by atomic mass is 19.1. The number of nitrogens with zero attached hydrogens (tertiary/aromatic N) is 1. The quantitative estimate of drug-likeness (QED) is 0.478. The van der Waals surface area contributed by atoms with Gasteiger partial charge in [-0.15, -0.1) is 0 Å². The molecular formula is C8H8FNO2. The van der Waals surface area contributed by atoms with Crippen molar-refractivity contribution >= 4 is 5.69 Å². The van der Waals surface area contributed by atoms with E-state index in [0.717, 1.165) is 12.1 Å². The van der Waals surface area contributed by atoms with Gasteiger partial charge in [0.05, 0.1) is 4.92 Å². The van der Waals surface area contributed by atoms with Gasteiger partial charge in [0.25, 0.3) is 5.69 Å². The van der Waals surface area contributed by atoms with Gasteiger partial charge in [-0.05, 0) is 26.0 Å². The van der Waals surface area contributed by atoms with Gasteiger partial charge in [-0.1, -0.05) is 0 Å². The molecule has 1 aromatic rings. The van der Waals surface area contributed by atoms with E-state index in [9.17, 15) is 14.5 Å². The number of halogens is 1. The molecule has 0 saturated carbocycles. The summed E-state index contributed by atoms with van der Waals surface area (Å²) in [7, 11) is 0. The molecule has 4 heteroatoms. The molecule has 1 rings (SSSR count). The SMILES string of the molecule is Cc1cc(F)cc(C)c1[N+](=O)[O-]. The fourth-order valence-electron chi connectivity index (χ4n) is 1.19. The molecule has 0 unspecified atom stereocenters. The second-order valence-electron chi connectivity index (χ2n) is 2.65. The van der Waals surface area contributed by atoms with Crippen LogP contribution in [0.25, 0.3) is 0 Å². The smallest absolute Gasteiger partial charge is 0.258 e. The summed E-state index contributed by atoms with van der Waals surface area (Å²) in [6, 6.07) is 2.32. The van der Waals surface area contributed by atoms with Crippen molar-refractivity contribution < 1.29 is 9.31 Å². The van der Waals surface area contributed by atoms with Gasteiger partial charge >= 0.3 is 0 Å². The Balaban J connectivity index is 3.38. The van der Waals surface area contributed by atoms with Crippen LogP contribution in [0, 0.1) is 29.8 Å². The number of benzene rings is 1. The number of nitro benzene ring substituents is 1. The van der Waals surface area contributed by atoms with Crippen LogP contribution < -0.4 is 0 Å². The zero-order valence-corrected chi connectivity index (χ0v) is 6.80. The van der Waals surface area contributed by atoms with Gasteiger partial charge in [0.15, 0.2) is 0 Å². The van der Waals surface area contributed by atoms with E-state index in [1.165, 1.54) is 13.8 Å². The van der Waals surface area contributed by atoms with E-state index in [1.807, 2.05) is 0 Å². The van der Waals surface area contributed by atoms with Gasteiger partial charge in [-0.3, -0.25) is 10.1 Å². The molecule has 0 bridgehead atoms. The summed E-state index contributed by atoms with van der Waals surface area (Å²) >= 11 is 0. The van der Waals surface area contributed by atoms with Crippen LogP contribution in [0.3, 0.4) is 0 Å². The van der Waals surface area contributed by atoms with Crippen LogP contribution in [0.2, 0.25) is 0 Å². The van der Waals surface area contributed by atoms with Crippen molar-refractivity contribution in [2.75, 3.05) is 0 Å². The molecule has 3 nitrogen and oxygen atoms in total. The maximum absolute atomic E-state index is 12.6. The molecule has 0 aromatic heterocycles. The van der Waals surface area contributed by atoms with Crippen LogP contribution in [-0.2, 0) is 0 Å². The van der Waals surface area contributed by atoms with Gasteiger partial charge in [0.2, 0.25) is 0 Å². The maximum Gasteiger partial charge on any atom is 0.275 e. The predicted octanol–water partition coefficient (Wildman–Crippen LogP) is 2.35. The van der Waals surface area contributed by atoms with Crippen molar-refractivity contribution in [3.05, 3.63) is 39.2 Å². The molecule has 0 fully saturated rings. The Labute approximate surface area is 69.0 Å². The Morgan fingerprint density at radius 2 is 1.75 bits per heavy atom. The fraction of sp³-hybridized carbons (Fsp3) is 0.250. The van der Waals surface area contributed by atoms with Gasteiger partial charge < -0.3 is 0 Å². The average molecular weight is 169 g/mol. The van der Waals surface area contributed by atoms with Crippen molar-refractivity contribution in [3.63, 3.8) is 0 Å². The largest absolute Gasteiger partial charge is 0.275 e. The van der Waals surface area contributed by atoms with Crippen LogP contribution in [0.15, 0.2) is 12.1 Å². The van der Waals surface area contributed by atoms with Gasteiger partial charge in [0.1, 0.15) is 5.82 Å². The lowest BCUT2D eigenvalue weighted by Gasteiger charge is -2.00. The minimum Gasteiger partial charge on any atom is -0.258 e. The topological polar surface area (TPSA) is 43.1 Å². The molecule has 0 atom stereocenters. The van der Waals surface area contributed by atoms with Crippen LogP contribution in [0.4, 0.5) is 10.1 Å². The minimum absolute atomic E-state index is 0.00333. The summed E-state index contributed by atoms with van der Waals surface area (Å²) in [6.07, 6.45) is 0. The summed E-state index contributed by atoms with van der Waals surface area (Å²) in [5, 5.41) is 10.4. The molecule has 0 spiro atoms. The lowest BCUT2D eigenvalue weighted by Crippen LogP contribution is -1.95. The molecule has 12 heavy (non-hydrogen) atoms. The Morgan fingerprint density at radius 1 is 1.33 bits per heavy atom. The summed E-state index contributed by atoms with van der Waals surface area (Å²) in [6.45, 7) is 3.04. The molecule has 0 aliphatic rings. The molecule has 0 amide bonds. The number of aryl methyl sites for hydroxylation is 2. The minimum atomic E-state index is -0.496. The molecule has 0 heterocycles. The van der Waals surface area contributed by atoms with E-state index in [4.69, 9.17) is 0 Å². The van der Waals surface area contributed by atoms with Crippen LogP contribution in [0.5, 0.6) is 0 Å². The summed E-state index contributed by atoms with van der Waals surface area (Å²) in [5.41, 5.74) is 0.714. The lowest BCUT2D eigenvalue weighted by molar-refractivity contribution is -0.386. The standard InChI is InChI=1S/C8H8FNO2/c1-5-3-7(9)4-6(2)8(5)10(11)12/h3-4H,1-2H3. The molecule has 0 N–H and O–H groups in total. The van der Waals surface area contributed by atoms with Crippen molar-refractivity contribution in [2.45, 2.75) is 13.8 Å². The molecule has 0 aliphatic carbocycles. The fourth-order valence-corrected chi connectivity index (χ4v) is 1.19. The molecule has 0 saturated heterocycles. The Bertz CT molecular complexity index is 313. The first kappa shape index (κ1) is 8.64. The average Bonchev–Trinajstić information content (AvgIpc) is 1.82. The van der Waals surface area contributed by atoms with Gasteiger partial charge in [0, 0.05) is 11.1 Å². The third-order valence-corrected chi connectivity index (χ3v) is 1.64. The highest BCUT2D eigenvalue weighted by Gasteiger charge is 2.14. The second kappa shape index (κ2) is 2.89. The molecule has 0 radical (unpaired) electrons. The number of hydrogen-bond donors (Lipinski definition) is 0. The van der Waals surface area contributed by atoms with Crippen LogP contribution in [-0.4, -0.2) is 4.92 Å². The van der Waals surface area contributed by atoms with Gasteiger partial charge in [-0.2, -0.15) is 0 Å². The molecule has 64 valence electrons. The normalized spacial score (nSPS) is 9.92. The molecule has 0 aliphatic heterocycles. The summed E-state index contributed by atoms with van der Waals surface area (Å²) in [5.74, 6) is -0.435. The summed E-state index contributed by atoms with van der Waals surface area (Å²) < 4.78 is 12.6. The predicted molar refractivity (Wildman–Crippen MR) is 42.5 cm³/mol. The third kappa shape index (κ3) is 1.42. The molecular weight excluding hydrogens is 161 g/mol. The highest BCUT2D eigenvalue weighted by molar-refractivity contribution is 5.46. The van der Waals surface area contributed by atoms with E-state index >= 15 is 0 Å². The first-order chi connectivity index (χ1) is 5.52. The maximum atomic E-state index is 12.6. The highest BCUT2D eigenvalue weighted by Crippen LogP contribution is 2.23. The number of rotatable bonds is 1. The first-order valence-electron chi connectivity index (χ1n) is 3.43. The van der Waals surface area contributed by atoms with Crippen LogP contribution in [0.1, 0.15) is 11.1 Å². The molecule has 1 aromatic carbocycles. The monoisotopic (exact) mass is 169 g/mol. The van der Waals surface area contributed by atoms with Crippen molar-refractivity contribution in [3.8, 4) is 0 Å². The van der Waals surface area contributed by atoms with Crippen molar-refractivity contribution in [1.29, 1.82) is 0 Å². The lowest BCUT2D eigenvalue weighted by atomic mass is 10.1. The summed E-state index contributed by atoms with van der Waals surface area (Å²) in [4.78, 5) is 9.94. The third-order valence-electron chi connectivity index (χ3n) is 1.64. The number of nitro groups is 1. The van der Waals surface area contributed by atoms with Crippen molar-refractivity contribution in [2.24, 2.45) is 0 Å². The van der Waals surface area contributed by atoms with Crippen LogP contribution >= 0.6 is 0 Å². The van der Waals surface area contributed by atoms with Crippen molar-refractivity contribution in [1.82, 2.24) is 0 Å². The second-order valence-corrected chi connectivity index (χ2v) is 2.65. The van der Waals surface area contributed by atoms with E-state index in [2.05, 4.69) is 0 Å². The van der Waals surface area contributed by atoms with E-state index in [-0.39, 0.29) is 5.69 Å². The Kier molecular flexibility index (Phi) is 2.08. The van der Waals surface area contributed by atoms with Gasteiger partial charge in [-0.25, -0.2) is 4.39 Å². The Morgan fingerprint density at radius 3 is 2.08 bits per heavy atom. The van der Waals surface area contributed by atoms with E-state index in [1.54, 1.807) is 0 Å². The van der Waals surface area contributed by atoms with E-state index < -0.39 is 10.7 Å². The van der Waals surface area contributed by atoms with E-state index in [0.29, 0.717) is 11.1 Å². The number of hydrogen-bond acceptors (Lipinski definition) is 2. The first-order valence-corrected chi connectivity index (χ1v) is 3.43. The zero-order valence-electron chi connectivity index (χ0n) is 6.80. The zero-order chi connectivity index (χ0) is 9.30.